The van der Waals surface area contributed by atoms with Crippen LogP contribution in [-0.2, 0) is 4.79 Å². The van der Waals surface area contributed by atoms with E-state index in [-0.39, 0.29) is 24.7 Å². The van der Waals surface area contributed by atoms with E-state index in [4.69, 9.17) is 0 Å². The molecular formula is C13H22F2N2O. The smallest absolute Gasteiger partial charge is 0.248 e. The van der Waals surface area contributed by atoms with Crippen molar-refractivity contribution in [3.8, 4) is 0 Å². The number of nitrogens with one attached hydrogen (secondary N) is 1. The van der Waals surface area contributed by atoms with Crippen LogP contribution in [0.15, 0.2) is 0 Å². The van der Waals surface area contributed by atoms with Crippen molar-refractivity contribution in [1.82, 2.24) is 10.2 Å². The summed E-state index contributed by atoms with van der Waals surface area (Å²) in [6, 6.07) is 0.354. The maximum Gasteiger partial charge on any atom is 0.248 e. The maximum atomic E-state index is 13.1. The summed E-state index contributed by atoms with van der Waals surface area (Å²) in [5, 5.41) is 3.19. The molecule has 1 N–H and O–H groups in total. The third-order valence-electron chi connectivity index (χ3n) is 4.21. The van der Waals surface area contributed by atoms with Crippen molar-refractivity contribution in [1.29, 1.82) is 0 Å². The molecule has 1 aliphatic heterocycles. The van der Waals surface area contributed by atoms with Crippen molar-refractivity contribution in [3.05, 3.63) is 0 Å². The molecule has 0 bridgehead atoms. The quantitative estimate of drug-likeness (QED) is 0.824. The molecule has 0 spiro atoms. The fourth-order valence-electron chi connectivity index (χ4n) is 2.96. The number of rotatable bonds is 2. The molecule has 5 heteroatoms. The zero-order valence-corrected chi connectivity index (χ0v) is 10.9. The van der Waals surface area contributed by atoms with Crippen LogP contribution in [0.25, 0.3) is 0 Å². The van der Waals surface area contributed by atoms with Gasteiger partial charge in [0, 0.05) is 37.9 Å². The summed E-state index contributed by atoms with van der Waals surface area (Å²) in [5.41, 5.74) is 0. The lowest BCUT2D eigenvalue weighted by Crippen LogP contribution is -2.49. The topological polar surface area (TPSA) is 32.3 Å². The first kappa shape index (κ1) is 13.7. The Morgan fingerprint density at radius 2 is 1.94 bits per heavy atom. The first-order valence-corrected chi connectivity index (χ1v) is 6.86. The van der Waals surface area contributed by atoms with E-state index in [1.54, 1.807) is 0 Å². The predicted octanol–water partition coefficient (Wildman–Crippen LogP) is 2.02. The van der Waals surface area contributed by atoms with Gasteiger partial charge in [0.2, 0.25) is 11.8 Å². The lowest BCUT2D eigenvalue weighted by molar-refractivity contribution is -0.141. The third-order valence-corrected chi connectivity index (χ3v) is 4.21. The summed E-state index contributed by atoms with van der Waals surface area (Å²) in [5.74, 6) is -2.64. The summed E-state index contributed by atoms with van der Waals surface area (Å²) < 4.78 is 26.1. The van der Waals surface area contributed by atoms with E-state index in [1.165, 1.54) is 0 Å². The highest BCUT2D eigenvalue weighted by Gasteiger charge is 2.39. The molecule has 104 valence electrons. The third kappa shape index (κ3) is 3.19. The number of carbonyl (C=O) groups excluding carboxylic acids is 1. The minimum atomic E-state index is -2.55. The predicted molar refractivity (Wildman–Crippen MR) is 65.6 cm³/mol. The van der Waals surface area contributed by atoms with Crippen LogP contribution in [0.5, 0.6) is 0 Å². The SMILES string of the molecule is CN[C@@H]1CCCN(C(=O)C2CCC(F)(F)CC2)C1. The van der Waals surface area contributed by atoms with Gasteiger partial charge in [-0.2, -0.15) is 0 Å². The number of amides is 1. The fourth-order valence-corrected chi connectivity index (χ4v) is 2.96. The molecule has 0 unspecified atom stereocenters. The molecule has 18 heavy (non-hydrogen) atoms. The minimum Gasteiger partial charge on any atom is -0.341 e. The van der Waals surface area contributed by atoms with E-state index < -0.39 is 5.92 Å². The highest BCUT2D eigenvalue weighted by molar-refractivity contribution is 5.79. The first-order chi connectivity index (χ1) is 8.52. The molecule has 2 fully saturated rings. The van der Waals surface area contributed by atoms with Crippen LogP contribution < -0.4 is 5.32 Å². The highest BCUT2D eigenvalue weighted by Crippen LogP contribution is 2.37. The Bertz CT molecular complexity index is 299. The zero-order valence-electron chi connectivity index (χ0n) is 10.9. The lowest BCUT2D eigenvalue weighted by atomic mass is 9.85. The molecule has 1 heterocycles. The normalized spacial score (nSPS) is 29.3. The van der Waals surface area contributed by atoms with Gasteiger partial charge in [-0.25, -0.2) is 8.78 Å². The van der Waals surface area contributed by atoms with Gasteiger partial charge in [-0.05, 0) is 32.7 Å². The number of alkyl halides is 2. The van der Waals surface area contributed by atoms with Crippen LogP contribution in [0.1, 0.15) is 38.5 Å². The van der Waals surface area contributed by atoms with Gasteiger partial charge in [-0.3, -0.25) is 4.79 Å². The molecule has 0 aromatic heterocycles. The van der Waals surface area contributed by atoms with Crippen LogP contribution >= 0.6 is 0 Å². The molecule has 3 nitrogen and oxygen atoms in total. The summed E-state index contributed by atoms with van der Waals surface area (Å²) in [6.45, 7) is 1.51. The van der Waals surface area contributed by atoms with E-state index in [1.807, 2.05) is 11.9 Å². The average molecular weight is 260 g/mol. The summed E-state index contributed by atoms with van der Waals surface area (Å²) in [6.07, 6.45) is 2.50. The molecule has 0 aromatic rings. The molecular weight excluding hydrogens is 238 g/mol. The zero-order chi connectivity index (χ0) is 13.2. The number of likely N-dealkylation sites (tertiary alicyclic amines) is 1. The van der Waals surface area contributed by atoms with E-state index >= 15 is 0 Å². The first-order valence-electron chi connectivity index (χ1n) is 6.86. The van der Waals surface area contributed by atoms with Gasteiger partial charge in [0.1, 0.15) is 0 Å². The Kier molecular flexibility index (Phi) is 4.20. The second-order valence-corrected chi connectivity index (χ2v) is 5.54. The van der Waals surface area contributed by atoms with Gasteiger partial charge in [-0.1, -0.05) is 0 Å². The summed E-state index contributed by atoms with van der Waals surface area (Å²) in [7, 11) is 1.90. The molecule has 0 aromatic carbocycles. The second-order valence-electron chi connectivity index (χ2n) is 5.54. The van der Waals surface area contributed by atoms with Crippen molar-refractivity contribution >= 4 is 5.91 Å². The van der Waals surface area contributed by atoms with Crippen LogP contribution in [-0.4, -0.2) is 42.9 Å². The molecule has 0 radical (unpaired) electrons. The lowest BCUT2D eigenvalue weighted by Gasteiger charge is -2.36. The number of likely N-dealkylation sites (N-methyl/N-ethyl adjacent to an activating group) is 1. The summed E-state index contributed by atoms with van der Waals surface area (Å²) >= 11 is 0. The van der Waals surface area contributed by atoms with Crippen LogP contribution in [0.4, 0.5) is 8.78 Å². The van der Waals surface area contributed by atoms with Gasteiger partial charge in [0.05, 0.1) is 0 Å². The Balaban J connectivity index is 1.87. The second kappa shape index (κ2) is 5.51. The minimum absolute atomic E-state index is 0.0884. The van der Waals surface area contributed by atoms with E-state index in [0.29, 0.717) is 18.9 Å². The van der Waals surface area contributed by atoms with Crippen molar-refractivity contribution in [2.24, 2.45) is 5.92 Å². The molecule has 1 amide bonds. The highest BCUT2D eigenvalue weighted by atomic mass is 19.3. The van der Waals surface area contributed by atoms with Gasteiger partial charge in [0.25, 0.3) is 0 Å². The molecule has 1 atom stereocenters. The Morgan fingerprint density at radius 3 is 2.56 bits per heavy atom. The number of hydrogen-bond donors (Lipinski definition) is 1. The Labute approximate surface area is 107 Å². The van der Waals surface area contributed by atoms with Crippen molar-refractivity contribution < 1.29 is 13.6 Å². The number of piperidine rings is 1. The molecule has 1 saturated carbocycles. The molecule has 2 aliphatic rings. The largest absolute Gasteiger partial charge is 0.341 e. The van der Waals surface area contributed by atoms with Crippen LogP contribution in [0.3, 0.4) is 0 Å². The van der Waals surface area contributed by atoms with Crippen LogP contribution in [0, 0.1) is 5.92 Å². The van der Waals surface area contributed by atoms with Gasteiger partial charge >= 0.3 is 0 Å². The van der Waals surface area contributed by atoms with Gasteiger partial charge < -0.3 is 10.2 Å². The fraction of sp³-hybridized carbons (Fsp3) is 0.923. The number of carbonyl (C=O) groups is 1. The van der Waals surface area contributed by atoms with Crippen molar-refractivity contribution in [2.45, 2.75) is 50.5 Å². The van der Waals surface area contributed by atoms with Gasteiger partial charge in [0.15, 0.2) is 0 Å². The number of hydrogen-bond acceptors (Lipinski definition) is 2. The molecule has 2 rings (SSSR count). The van der Waals surface area contributed by atoms with Crippen molar-refractivity contribution in [2.75, 3.05) is 20.1 Å². The molecule has 1 saturated heterocycles. The number of nitrogens with zero attached hydrogens (tertiary/aromatic N) is 1. The number of halogens is 2. The average Bonchev–Trinajstić information content (AvgIpc) is 2.38. The monoisotopic (exact) mass is 260 g/mol. The van der Waals surface area contributed by atoms with E-state index in [9.17, 15) is 13.6 Å². The standard InChI is InChI=1S/C13H22F2N2O/c1-16-11-3-2-8-17(9-11)12(18)10-4-6-13(14,15)7-5-10/h10-11,16H,2-9H2,1H3/t11-/m1/s1. The van der Waals surface area contributed by atoms with E-state index in [0.717, 1.165) is 25.9 Å². The van der Waals surface area contributed by atoms with Crippen molar-refractivity contribution in [3.63, 3.8) is 0 Å². The molecule has 1 aliphatic carbocycles. The maximum absolute atomic E-state index is 13.1. The van der Waals surface area contributed by atoms with E-state index in [2.05, 4.69) is 5.32 Å². The van der Waals surface area contributed by atoms with Crippen LogP contribution in [0.2, 0.25) is 0 Å². The summed E-state index contributed by atoms with van der Waals surface area (Å²) in [4.78, 5) is 14.1. The Morgan fingerprint density at radius 1 is 1.28 bits per heavy atom. The van der Waals surface area contributed by atoms with Gasteiger partial charge in [-0.15, -0.1) is 0 Å². The Hall–Kier alpha value is -0.710.